The minimum atomic E-state index is -4.00. The number of alkyl halides is 2. The van der Waals surface area contributed by atoms with Crippen LogP contribution in [0.5, 0.6) is 5.75 Å². The molecule has 1 nitrogen and oxygen atoms in total. The summed E-state index contributed by atoms with van der Waals surface area (Å²) in [6.45, 7) is 3.75. The maximum Gasteiger partial charge on any atom is 0.426 e. The third-order valence-corrected chi connectivity index (χ3v) is 5.54. The van der Waals surface area contributed by atoms with Crippen molar-refractivity contribution in [2.75, 3.05) is 0 Å². The number of halogens is 5. The Balaban J connectivity index is 1.64. The number of allylic oxidation sites excluding steroid dienone is 1. The van der Waals surface area contributed by atoms with E-state index in [2.05, 4.69) is 11.3 Å². The van der Waals surface area contributed by atoms with Gasteiger partial charge in [0.2, 0.25) is 0 Å². The van der Waals surface area contributed by atoms with E-state index >= 15 is 0 Å². The first-order valence-corrected chi connectivity index (χ1v) is 9.73. The molecule has 0 bridgehead atoms. The van der Waals surface area contributed by atoms with Gasteiger partial charge in [-0.25, -0.2) is 13.2 Å². The average molecular weight is 410 g/mol. The minimum Gasteiger partial charge on any atom is -0.429 e. The Morgan fingerprint density at radius 2 is 1.55 bits per heavy atom. The molecule has 2 aromatic rings. The predicted molar refractivity (Wildman–Crippen MR) is 101 cm³/mol. The van der Waals surface area contributed by atoms with Gasteiger partial charge in [-0.1, -0.05) is 18.2 Å². The van der Waals surface area contributed by atoms with Gasteiger partial charge in [0.15, 0.2) is 17.5 Å². The van der Waals surface area contributed by atoms with E-state index in [4.69, 9.17) is 0 Å². The van der Waals surface area contributed by atoms with Crippen molar-refractivity contribution in [2.24, 2.45) is 5.92 Å². The summed E-state index contributed by atoms with van der Waals surface area (Å²) in [7, 11) is 0. The van der Waals surface area contributed by atoms with Gasteiger partial charge in [-0.05, 0) is 80.2 Å². The first-order chi connectivity index (χ1) is 13.8. The van der Waals surface area contributed by atoms with Crippen LogP contribution < -0.4 is 4.74 Å². The molecule has 0 radical (unpaired) electrons. The van der Waals surface area contributed by atoms with Gasteiger partial charge in [0.1, 0.15) is 5.75 Å². The Hall–Kier alpha value is -2.37. The van der Waals surface area contributed by atoms with Crippen LogP contribution in [0.3, 0.4) is 0 Å². The van der Waals surface area contributed by atoms with Crippen LogP contribution in [0.25, 0.3) is 0 Å². The van der Waals surface area contributed by atoms with Crippen LogP contribution in [-0.4, -0.2) is 0 Å². The molecule has 0 atom stereocenters. The molecule has 2 aromatic carbocycles. The molecule has 0 unspecified atom stereocenters. The van der Waals surface area contributed by atoms with Crippen molar-refractivity contribution in [3.05, 3.63) is 77.6 Å². The molecular weight excluding hydrogens is 387 g/mol. The molecule has 0 amide bonds. The summed E-state index contributed by atoms with van der Waals surface area (Å²) >= 11 is 0. The Bertz CT molecular complexity index is 816. The fraction of sp³-hybridized carbons (Fsp3) is 0.391. The zero-order valence-corrected chi connectivity index (χ0v) is 15.9. The normalized spacial score (nSPS) is 19.8. The Labute approximate surface area is 167 Å². The second kappa shape index (κ2) is 8.97. The standard InChI is InChI=1S/C23H23F5O/c1-2-3-4-15-5-7-16(8-6-15)17-9-11-19(12-10-17)29-23(27,28)18-13-20(24)22(26)21(25)14-18/h2,9-16H,1,3-8H2. The molecule has 0 saturated heterocycles. The van der Waals surface area contributed by atoms with Crippen LogP contribution >= 0.6 is 0 Å². The molecule has 6 heteroatoms. The van der Waals surface area contributed by atoms with Crippen molar-refractivity contribution in [1.29, 1.82) is 0 Å². The number of ether oxygens (including phenoxy) is 1. The van der Waals surface area contributed by atoms with Crippen molar-refractivity contribution in [1.82, 2.24) is 0 Å². The van der Waals surface area contributed by atoms with E-state index in [1.165, 1.54) is 12.1 Å². The van der Waals surface area contributed by atoms with Gasteiger partial charge in [0.25, 0.3) is 0 Å². The van der Waals surface area contributed by atoms with E-state index in [1.54, 1.807) is 12.1 Å². The quantitative estimate of drug-likeness (QED) is 0.261. The first-order valence-electron chi connectivity index (χ1n) is 9.73. The number of rotatable bonds is 7. The van der Waals surface area contributed by atoms with E-state index in [9.17, 15) is 22.0 Å². The first kappa shape index (κ1) is 21.3. The monoisotopic (exact) mass is 410 g/mol. The zero-order valence-electron chi connectivity index (χ0n) is 15.9. The molecule has 156 valence electrons. The van der Waals surface area contributed by atoms with Gasteiger partial charge >= 0.3 is 6.11 Å². The summed E-state index contributed by atoms with van der Waals surface area (Å²) in [6, 6.07) is 6.79. The highest BCUT2D eigenvalue weighted by molar-refractivity contribution is 5.31. The molecule has 1 aliphatic rings. The van der Waals surface area contributed by atoms with Gasteiger partial charge in [-0.3, -0.25) is 0 Å². The maximum absolute atomic E-state index is 14.2. The second-order valence-electron chi connectivity index (χ2n) is 7.53. The average Bonchev–Trinajstić information content (AvgIpc) is 2.71. The SMILES string of the molecule is C=CCCC1CCC(c2ccc(OC(F)(F)c3cc(F)c(F)c(F)c3)cc2)CC1. The summed E-state index contributed by atoms with van der Waals surface area (Å²) in [5.41, 5.74) is -0.0301. The summed E-state index contributed by atoms with van der Waals surface area (Å²) in [5.74, 6) is -4.23. The molecular formula is C23H23F5O. The second-order valence-corrected chi connectivity index (χ2v) is 7.53. The molecule has 3 rings (SSSR count). The predicted octanol–water partition coefficient (Wildman–Crippen LogP) is 7.47. The Kier molecular flexibility index (Phi) is 6.60. The summed E-state index contributed by atoms with van der Waals surface area (Å²) < 4.78 is 72.6. The number of hydrogen-bond acceptors (Lipinski definition) is 1. The minimum absolute atomic E-state index is 0.136. The topological polar surface area (TPSA) is 9.23 Å². The molecule has 1 fully saturated rings. The van der Waals surface area contributed by atoms with Crippen LogP contribution in [0.2, 0.25) is 0 Å². The van der Waals surface area contributed by atoms with Crippen molar-refractivity contribution in [2.45, 2.75) is 50.6 Å². The molecule has 29 heavy (non-hydrogen) atoms. The summed E-state index contributed by atoms with van der Waals surface area (Å²) in [4.78, 5) is 0. The van der Waals surface area contributed by atoms with Gasteiger partial charge in [0.05, 0.1) is 5.56 Å². The Morgan fingerprint density at radius 3 is 2.10 bits per heavy atom. The summed E-state index contributed by atoms with van der Waals surface area (Å²) in [5, 5.41) is 0. The van der Waals surface area contributed by atoms with Gasteiger partial charge in [-0.2, -0.15) is 8.78 Å². The smallest absolute Gasteiger partial charge is 0.426 e. The lowest BCUT2D eigenvalue weighted by molar-refractivity contribution is -0.185. The third kappa shape index (κ3) is 5.17. The van der Waals surface area contributed by atoms with Gasteiger partial charge in [-0.15, -0.1) is 6.58 Å². The van der Waals surface area contributed by atoms with E-state index in [0.717, 1.165) is 44.1 Å². The van der Waals surface area contributed by atoms with E-state index in [0.29, 0.717) is 11.8 Å². The highest BCUT2D eigenvalue weighted by atomic mass is 19.3. The van der Waals surface area contributed by atoms with Gasteiger partial charge < -0.3 is 4.74 Å². The Morgan fingerprint density at radius 1 is 0.966 bits per heavy atom. The van der Waals surface area contributed by atoms with Crippen LogP contribution in [0.4, 0.5) is 22.0 Å². The van der Waals surface area contributed by atoms with E-state index < -0.39 is 29.1 Å². The van der Waals surface area contributed by atoms with E-state index in [-0.39, 0.29) is 17.9 Å². The fourth-order valence-electron chi connectivity index (χ4n) is 3.88. The van der Waals surface area contributed by atoms with Crippen LogP contribution in [-0.2, 0) is 6.11 Å². The van der Waals surface area contributed by atoms with Crippen LogP contribution in [0.1, 0.15) is 55.6 Å². The van der Waals surface area contributed by atoms with Gasteiger partial charge in [0, 0.05) is 0 Å². The lowest BCUT2D eigenvalue weighted by Crippen LogP contribution is -2.22. The molecule has 1 aliphatic carbocycles. The van der Waals surface area contributed by atoms with Crippen LogP contribution in [0.15, 0.2) is 49.1 Å². The largest absolute Gasteiger partial charge is 0.429 e. The third-order valence-electron chi connectivity index (χ3n) is 5.54. The van der Waals surface area contributed by atoms with Crippen LogP contribution in [0, 0.1) is 23.4 Å². The fourth-order valence-corrected chi connectivity index (χ4v) is 3.88. The van der Waals surface area contributed by atoms with Crippen molar-refractivity contribution in [3.8, 4) is 5.75 Å². The molecule has 0 N–H and O–H groups in total. The molecule has 0 aliphatic heterocycles. The molecule has 0 aromatic heterocycles. The molecule has 1 saturated carbocycles. The summed E-state index contributed by atoms with van der Waals surface area (Å²) in [6.07, 6.45) is 4.49. The molecule has 0 heterocycles. The van der Waals surface area contributed by atoms with Crippen molar-refractivity contribution >= 4 is 0 Å². The number of hydrogen-bond donors (Lipinski definition) is 0. The maximum atomic E-state index is 14.2. The molecule has 0 spiro atoms. The lowest BCUT2D eigenvalue weighted by atomic mass is 9.77. The highest BCUT2D eigenvalue weighted by Gasteiger charge is 2.36. The lowest BCUT2D eigenvalue weighted by Gasteiger charge is -2.28. The van der Waals surface area contributed by atoms with E-state index in [1.807, 2.05) is 6.08 Å². The van der Waals surface area contributed by atoms with Crippen molar-refractivity contribution < 1.29 is 26.7 Å². The van der Waals surface area contributed by atoms with Crippen molar-refractivity contribution in [3.63, 3.8) is 0 Å². The number of benzene rings is 2. The highest BCUT2D eigenvalue weighted by Crippen LogP contribution is 2.39. The zero-order chi connectivity index (χ0) is 21.0.